The maximum Gasteiger partial charge on any atom is 1.00 e. The van der Waals surface area contributed by atoms with Gasteiger partial charge in [0.05, 0.1) is 115 Å². The second-order valence-electron chi connectivity index (χ2n) is 35.1. The van der Waals surface area contributed by atoms with Gasteiger partial charge in [-0.1, -0.05) is 81.1 Å². The third-order valence-electron chi connectivity index (χ3n) is 24.4. The van der Waals surface area contributed by atoms with Crippen LogP contribution in [0.3, 0.4) is 0 Å². The number of carbonyl (C=O) groups excluding carboxylic acids is 5. The molecule has 53 heteroatoms. The van der Waals surface area contributed by atoms with E-state index in [1.807, 2.05) is 144 Å². The molecule has 734 valence electrons. The van der Waals surface area contributed by atoms with Crippen LogP contribution in [0.5, 0.6) is 0 Å². The van der Waals surface area contributed by atoms with Gasteiger partial charge in [0.2, 0.25) is 17.8 Å². The van der Waals surface area contributed by atoms with E-state index < -0.39 is 29.2 Å². The second-order valence-corrected chi connectivity index (χ2v) is 38.5. The third kappa shape index (κ3) is 24.9. The Balaban J connectivity index is 0.000000155. The number of nitrogens with zero attached hydrogens (tertiary/aromatic N) is 30. The Morgan fingerprint density at radius 3 is 1.17 bits per heavy atom. The van der Waals surface area contributed by atoms with Crippen molar-refractivity contribution in [3.8, 4) is 0 Å². The first-order valence-corrected chi connectivity index (χ1v) is 47.0. The van der Waals surface area contributed by atoms with Gasteiger partial charge in [0.15, 0.2) is 11.3 Å². The SMILES string of the molecule is COC(=O)c1cccc2c(Br)ccnc12.COC(=O)c1cccc2c(Sc3cnc(N4CCC5(CC4)CO[C@@H](C)[C@H]5N)n4ccnc34)ccnc12.COC(=O)c1cccc2c(Sc3cnc(N4CCC5(CC4)CO[C@@H](C)[C@H]5NC(=O)OC(C)(C)C)n4ccnc34)ccnc12.C[C@@H]1OCC2(CCN(c3ncc([S-])c4nccn34)CC2)[C@@H]1NC(=O)OC(C)(C)C.N=N/N=N/N=N/N=N/N=N/N=N/N=N/N=N/N.[Na+]. The van der Waals surface area contributed by atoms with E-state index in [-0.39, 0.29) is 94.3 Å². The molecule has 2 amide bonds. The number of anilines is 3. The van der Waals surface area contributed by atoms with Gasteiger partial charge in [-0.2, -0.15) is 5.53 Å². The Labute approximate surface area is 851 Å². The number of piperidine rings is 3. The summed E-state index contributed by atoms with van der Waals surface area (Å²) >= 11 is 11.8. The van der Waals surface area contributed by atoms with E-state index in [1.165, 1.54) is 33.1 Å². The molecule has 3 aromatic carbocycles. The summed E-state index contributed by atoms with van der Waals surface area (Å²) in [5.41, 5.74) is 17.0. The van der Waals surface area contributed by atoms with Crippen LogP contribution in [0, 0.1) is 21.8 Å². The molecule has 0 aliphatic carbocycles. The summed E-state index contributed by atoms with van der Waals surface area (Å²) in [5.74, 6) is 5.95. The Hall–Kier alpha value is -13.1. The molecular formula is C88H103BrN35NaO13S3. The molecule has 141 heavy (non-hydrogen) atoms. The first-order valence-electron chi connectivity index (χ1n) is 44.2. The molecule has 0 radical (unpaired) electrons. The number of esters is 3. The number of rotatable bonds is 19. The number of aromatic nitrogens is 12. The van der Waals surface area contributed by atoms with E-state index in [1.54, 1.807) is 79.4 Å². The van der Waals surface area contributed by atoms with Gasteiger partial charge in [-0.25, -0.2) is 53.9 Å². The van der Waals surface area contributed by atoms with Crippen molar-refractivity contribution < 1.29 is 91.4 Å². The van der Waals surface area contributed by atoms with Crippen molar-refractivity contribution in [1.82, 2.24) is 68.7 Å². The quantitative estimate of drug-likeness (QED) is 0.00954. The number of amides is 2. The molecule has 0 saturated carbocycles. The van der Waals surface area contributed by atoms with Crippen LogP contribution < -0.4 is 66.5 Å². The molecule has 6 fully saturated rings. The summed E-state index contributed by atoms with van der Waals surface area (Å²) in [5, 5.41) is 52.1. The van der Waals surface area contributed by atoms with Crippen molar-refractivity contribution in [2.24, 2.45) is 106 Å². The zero-order valence-corrected chi connectivity index (χ0v) is 85.4. The van der Waals surface area contributed by atoms with Crippen LogP contribution in [-0.4, -0.2) is 216 Å². The molecule has 15 heterocycles. The Morgan fingerprint density at radius 1 is 0.454 bits per heavy atom. The fourth-order valence-electron chi connectivity index (χ4n) is 17.6. The van der Waals surface area contributed by atoms with Crippen LogP contribution in [0.2, 0.25) is 0 Å². The van der Waals surface area contributed by atoms with E-state index in [4.69, 9.17) is 67.0 Å². The van der Waals surface area contributed by atoms with Gasteiger partial charge < -0.3 is 87.4 Å². The molecule has 0 unspecified atom stereocenters. The first kappa shape index (κ1) is 105. The van der Waals surface area contributed by atoms with E-state index >= 15 is 0 Å². The number of hydrogen-bond acceptors (Lipinski definition) is 31. The minimum absolute atomic E-state index is 0. The first-order chi connectivity index (χ1) is 67.4. The minimum Gasteiger partial charge on any atom is -0.775 e. The summed E-state index contributed by atoms with van der Waals surface area (Å²) in [6, 6.07) is 22.0. The molecule has 12 aromatic rings. The molecule has 6 saturated heterocycles. The summed E-state index contributed by atoms with van der Waals surface area (Å²) in [6.07, 6.45) is 26.2. The zero-order valence-electron chi connectivity index (χ0n) is 79.4. The van der Waals surface area contributed by atoms with E-state index in [0.717, 1.165) is 159 Å². The number of hydrogen-bond donors (Lipinski definition) is 5. The fraction of sp³-hybridized carbons (Fsp3) is 0.432. The number of nitrogens with two attached hydrogens (primary N) is 2. The number of para-hydroxylation sites is 3. The third-order valence-corrected chi connectivity index (χ3v) is 27.5. The number of ether oxygens (including phenoxy) is 8. The molecule has 9 aromatic heterocycles. The largest absolute Gasteiger partial charge is 1.00 e. The number of benzene rings is 3. The van der Waals surface area contributed by atoms with Crippen LogP contribution in [-0.2, 0) is 50.5 Å². The van der Waals surface area contributed by atoms with Gasteiger partial charge in [0.25, 0.3) is 0 Å². The summed E-state index contributed by atoms with van der Waals surface area (Å²) < 4.78 is 50.5. The van der Waals surface area contributed by atoms with Crippen molar-refractivity contribution in [3.63, 3.8) is 0 Å². The Morgan fingerprint density at radius 2 is 0.794 bits per heavy atom. The molecule has 7 N–H and O–H groups in total. The van der Waals surface area contributed by atoms with E-state index in [0.29, 0.717) is 51.3 Å². The predicted molar refractivity (Wildman–Crippen MR) is 515 cm³/mol. The van der Waals surface area contributed by atoms with Crippen LogP contribution in [0.25, 0.3) is 49.7 Å². The molecule has 6 atom stereocenters. The summed E-state index contributed by atoms with van der Waals surface area (Å²) in [7, 11) is 4.10. The molecule has 48 nitrogen and oxygen atoms in total. The molecule has 6 aliphatic heterocycles. The van der Waals surface area contributed by atoms with Crippen LogP contribution in [0.15, 0.2) is 254 Å². The summed E-state index contributed by atoms with van der Waals surface area (Å²) in [4.78, 5) is 113. The van der Waals surface area contributed by atoms with E-state index in [2.05, 4.69) is 176 Å². The number of methoxy groups -OCH3 is 3. The van der Waals surface area contributed by atoms with Crippen molar-refractivity contribution in [2.75, 3.05) is 95.1 Å². The van der Waals surface area contributed by atoms with Crippen LogP contribution >= 0.6 is 39.5 Å². The van der Waals surface area contributed by atoms with Crippen LogP contribution in [0.1, 0.15) is 132 Å². The predicted octanol–water partition coefficient (Wildman–Crippen LogP) is 13.4. The van der Waals surface area contributed by atoms with Gasteiger partial charge in [-0.05, 0) is 210 Å². The standard InChI is InChI=1S/C31H36N6O5S.C26H28N6O3S.C20H29N5O3S.C11H8BrNO2.H3N17.Na/c1-19-25(35-29(39)42-30(2,3)4)31(18-41-19)10-14-36(15-11-31)28-34-17-23(26-33-13-16-37(26)28)43-22-9-12-32-24-20(22)7-6-8-21(24)27(38)40-5;1-16-22(27)26(15-35-16)7-11-31(12-8-26)25-30-14-20(23-29-10-13-32(23)25)36-19-6-9-28-21-17(19)4-3-5-18(21)24(33)34-2;1-13-15(23-18(26)28-19(2,3)4)20(12-27-13)5-8-24(9-6-20)17-22-11-14(29)16-21-7-10-25(16)17;1-15-11(14)8-4-2-3-7-9(12)5-6-13-10(7)8;1-3-5-7-9-11-13-15-17-16-14-12-10-8-6-4-2;/h6-9,12-13,16-17,19,25H,10-11,14-15,18H2,1-5H3,(H,35,39);3-6,9-10,13-14,16,22H,7-8,11-12,15,27H2,1-2H3;7,10-11,13,15,29H,5-6,8-9,12H2,1-4H3,(H,23,26);2-6H,1H3;(H3,1,2,5,6,9,10,13,14,17);/q;;;;;+1/p-1/t19-,25+;16-,22+;13-,15+;;;/m000.../s1. The number of carbonyl (C=O) groups is 5. The second kappa shape index (κ2) is 47.5. The number of alkyl carbamates (subject to hydrolysis) is 2. The molecule has 6 aliphatic rings. The minimum atomic E-state index is -0.563. The maximum absolute atomic E-state index is 12.6. The average molecular weight is 2060 g/mol. The van der Waals surface area contributed by atoms with Crippen molar-refractivity contribution in [1.29, 1.82) is 5.53 Å². The van der Waals surface area contributed by atoms with Crippen LogP contribution in [0.4, 0.5) is 27.4 Å². The monoisotopic (exact) mass is 2060 g/mol. The number of fused-ring (bicyclic) bond motifs is 6. The Bertz CT molecular complexity index is 6700. The smallest absolute Gasteiger partial charge is 0.775 e. The van der Waals surface area contributed by atoms with Crippen molar-refractivity contribution in [2.45, 2.75) is 173 Å². The Kier molecular flexibility index (Phi) is 35.4. The van der Waals surface area contributed by atoms with Crippen molar-refractivity contribution >= 4 is 150 Å². The molecule has 18 rings (SSSR count). The topological polar surface area (TPSA) is 584 Å². The number of imidazole rings is 3. The van der Waals surface area contributed by atoms with Crippen molar-refractivity contribution in [3.05, 3.63) is 168 Å². The molecular weight excluding hydrogens is 1950 g/mol. The summed E-state index contributed by atoms with van der Waals surface area (Å²) in [6.45, 7) is 24.2. The number of nitrogens with one attached hydrogen (secondary N) is 3. The number of pyridine rings is 3. The molecule has 3 spiro atoms. The molecule has 0 bridgehead atoms. The van der Waals surface area contributed by atoms with Gasteiger partial charge in [-0.3, -0.25) is 28.2 Å². The van der Waals surface area contributed by atoms with Gasteiger partial charge in [0, 0.05) is 166 Å². The zero-order chi connectivity index (χ0) is 99.5. The average Bonchev–Trinajstić information content (AvgIpc) is 1.60. The van der Waals surface area contributed by atoms with Gasteiger partial charge >= 0.3 is 59.7 Å². The van der Waals surface area contributed by atoms with Gasteiger partial charge in [0.1, 0.15) is 16.8 Å². The normalized spacial score (nSPS) is 19.3. The number of halogens is 1. The van der Waals surface area contributed by atoms with Gasteiger partial charge in [-0.15, -0.1) is 4.90 Å². The maximum atomic E-state index is 12.6. The fourth-order valence-corrected chi connectivity index (χ4v) is 20.2. The van der Waals surface area contributed by atoms with E-state index in [9.17, 15) is 24.0 Å².